The van der Waals surface area contributed by atoms with E-state index >= 15 is 0 Å². The summed E-state index contributed by atoms with van der Waals surface area (Å²) < 4.78 is 0. The summed E-state index contributed by atoms with van der Waals surface area (Å²) in [5.74, 6) is 0. The van der Waals surface area contributed by atoms with Crippen molar-refractivity contribution in [1.82, 2.24) is 5.48 Å². The molecular formula is C6H12NO2. The molecule has 0 spiro atoms. The Morgan fingerprint density at radius 1 is 1.33 bits per heavy atom. The topological polar surface area (TPSA) is 49.3 Å². The number of hydrogen-bond donors (Lipinski definition) is 2. The van der Waals surface area contributed by atoms with Gasteiger partial charge in [-0.3, -0.25) is 4.79 Å². The van der Waals surface area contributed by atoms with Crippen LogP contribution in [0.5, 0.6) is 0 Å². The van der Waals surface area contributed by atoms with Crippen LogP contribution in [-0.4, -0.2) is 18.0 Å². The van der Waals surface area contributed by atoms with E-state index in [-0.39, 0.29) is 0 Å². The first-order chi connectivity index (χ1) is 4.41. The lowest BCUT2D eigenvalue weighted by molar-refractivity contribution is 0.165. The maximum atomic E-state index is 9.65. The van der Waals surface area contributed by atoms with Gasteiger partial charge in [0.25, 0.3) is 0 Å². The van der Waals surface area contributed by atoms with E-state index in [0.29, 0.717) is 13.0 Å². The lowest BCUT2D eigenvalue weighted by Crippen LogP contribution is -2.07. The van der Waals surface area contributed by atoms with Crippen molar-refractivity contribution in [2.45, 2.75) is 25.7 Å². The maximum Gasteiger partial charge on any atom is 0.198 e. The largest absolute Gasteiger partial charge is 0.317 e. The summed E-state index contributed by atoms with van der Waals surface area (Å²) in [4.78, 5) is 9.65. The van der Waals surface area contributed by atoms with Gasteiger partial charge in [-0.1, -0.05) is 6.42 Å². The van der Waals surface area contributed by atoms with Crippen molar-refractivity contribution >= 4 is 6.29 Å². The van der Waals surface area contributed by atoms with Gasteiger partial charge in [0, 0.05) is 13.0 Å². The Bertz CT molecular complexity index is 66.1. The van der Waals surface area contributed by atoms with E-state index in [1.54, 1.807) is 0 Å². The average molecular weight is 130 g/mol. The second-order valence-corrected chi connectivity index (χ2v) is 1.86. The summed E-state index contributed by atoms with van der Waals surface area (Å²) in [6, 6.07) is 0. The Morgan fingerprint density at radius 3 is 2.67 bits per heavy atom. The fraction of sp³-hybridized carbons (Fsp3) is 0.833. The van der Waals surface area contributed by atoms with Crippen LogP contribution in [0.15, 0.2) is 0 Å². The summed E-state index contributed by atoms with van der Waals surface area (Å²) in [6.45, 7) is 0.610. The fourth-order valence-corrected chi connectivity index (χ4v) is 0.578. The van der Waals surface area contributed by atoms with Crippen LogP contribution in [0.25, 0.3) is 0 Å². The molecule has 53 valence electrons. The molecule has 1 radical (unpaired) electrons. The molecule has 3 heteroatoms. The van der Waals surface area contributed by atoms with Crippen molar-refractivity contribution in [2.24, 2.45) is 0 Å². The van der Waals surface area contributed by atoms with Gasteiger partial charge in [-0.15, -0.1) is 0 Å². The van der Waals surface area contributed by atoms with Gasteiger partial charge < -0.3 is 5.21 Å². The SMILES string of the molecule is O=[C]CCCCCNO. The normalized spacial score (nSPS) is 9.44. The van der Waals surface area contributed by atoms with Crippen molar-refractivity contribution in [3.8, 4) is 0 Å². The highest BCUT2D eigenvalue weighted by atomic mass is 16.5. The highest BCUT2D eigenvalue weighted by Crippen LogP contribution is 1.95. The Balaban J connectivity index is 2.66. The number of unbranched alkanes of at least 4 members (excludes halogenated alkanes) is 3. The first kappa shape index (κ1) is 8.59. The van der Waals surface area contributed by atoms with Crippen LogP contribution in [0.1, 0.15) is 25.7 Å². The Labute approximate surface area is 55.0 Å². The lowest BCUT2D eigenvalue weighted by Gasteiger charge is -1.94. The molecule has 3 nitrogen and oxygen atoms in total. The van der Waals surface area contributed by atoms with Gasteiger partial charge >= 0.3 is 0 Å². The zero-order chi connectivity index (χ0) is 6.95. The van der Waals surface area contributed by atoms with Crippen molar-refractivity contribution in [1.29, 1.82) is 0 Å². The molecule has 0 rings (SSSR count). The molecule has 0 heterocycles. The average Bonchev–Trinajstić information content (AvgIpc) is 1.89. The third-order valence-electron chi connectivity index (χ3n) is 1.07. The minimum absolute atomic E-state index is 0.519. The van der Waals surface area contributed by atoms with Crippen LogP contribution < -0.4 is 5.48 Å². The van der Waals surface area contributed by atoms with Crippen molar-refractivity contribution in [3.05, 3.63) is 0 Å². The zero-order valence-electron chi connectivity index (χ0n) is 5.39. The molecule has 0 aliphatic rings. The monoisotopic (exact) mass is 130 g/mol. The molecule has 0 aliphatic heterocycles. The molecule has 0 atom stereocenters. The first-order valence-corrected chi connectivity index (χ1v) is 3.13. The summed E-state index contributed by atoms with van der Waals surface area (Å²) in [5.41, 5.74) is 2.05. The molecule has 0 aromatic heterocycles. The van der Waals surface area contributed by atoms with E-state index in [0.717, 1.165) is 19.3 Å². The molecule has 0 aliphatic carbocycles. The van der Waals surface area contributed by atoms with Gasteiger partial charge in [-0.05, 0) is 12.8 Å². The van der Waals surface area contributed by atoms with Crippen LogP contribution >= 0.6 is 0 Å². The quantitative estimate of drug-likeness (QED) is 0.409. The molecule has 0 aromatic carbocycles. The van der Waals surface area contributed by atoms with Crippen LogP contribution in [-0.2, 0) is 4.79 Å². The van der Waals surface area contributed by atoms with E-state index in [1.807, 2.05) is 11.8 Å². The Kier molecular flexibility index (Phi) is 7.24. The predicted octanol–water partition coefficient (Wildman–Crippen LogP) is 0.635. The minimum atomic E-state index is 0.519. The number of nitrogens with one attached hydrogen (secondary N) is 1. The molecule has 0 unspecified atom stereocenters. The Hall–Kier alpha value is -0.410. The van der Waals surface area contributed by atoms with E-state index in [9.17, 15) is 4.79 Å². The van der Waals surface area contributed by atoms with Crippen LogP contribution in [0.3, 0.4) is 0 Å². The van der Waals surface area contributed by atoms with Crippen LogP contribution in [0, 0.1) is 0 Å². The third kappa shape index (κ3) is 7.59. The molecule has 0 bridgehead atoms. The molecule has 0 saturated heterocycles. The molecular weight excluding hydrogens is 118 g/mol. The van der Waals surface area contributed by atoms with Crippen molar-refractivity contribution in [3.63, 3.8) is 0 Å². The fourth-order valence-electron chi connectivity index (χ4n) is 0.578. The van der Waals surface area contributed by atoms with E-state index in [2.05, 4.69) is 0 Å². The van der Waals surface area contributed by atoms with Gasteiger partial charge in [0.05, 0.1) is 0 Å². The molecule has 0 fully saturated rings. The van der Waals surface area contributed by atoms with Crippen LogP contribution in [0.2, 0.25) is 0 Å². The van der Waals surface area contributed by atoms with Crippen LogP contribution in [0.4, 0.5) is 0 Å². The molecule has 0 saturated carbocycles. The third-order valence-corrected chi connectivity index (χ3v) is 1.07. The second-order valence-electron chi connectivity index (χ2n) is 1.86. The van der Waals surface area contributed by atoms with Gasteiger partial charge in [-0.2, -0.15) is 0 Å². The van der Waals surface area contributed by atoms with Gasteiger partial charge in [-0.25, -0.2) is 5.48 Å². The van der Waals surface area contributed by atoms with E-state index < -0.39 is 0 Å². The first-order valence-electron chi connectivity index (χ1n) is 3.13. The smallest absolute Gasteiger partial charge is 0.198 e. The van der Waals surface area contributed by atoms with E-state index in [4.69, 9.17) is 5.21 Å². The lowest BCUT2D eigenvalue weighted by atomic mass is 10.2. The second kappa shape index (κ2) is 7.59. The molecule has 2 N–H and O–H groups in total. The van der Waals surface area contributed by atoms with Crippen molar-refractivity contribution < 1.29 is 10.0 Å². The van der Waals surface area contributed by atoms with Gasteiger partial charge in [0.2, 0.25) is 0 Å². The number of carbonyl (C=O) groups excluding carboxylic acids is 1. The summed E-state index contributed by atoms with van der Waals surface area (Å²) >= 11 is 0. The van der Waals surface area contributed by atoms with Gasteiger partial charge in [0.15, 0.2) is 6.29 Å². The Morgan fingerprint density at radius 2 is 2.11 bits per heavy atom. The summed E-state index contributed by atoms with van der Waals surface area (Å²) in [7, 11) is 0. The maximum absolute atomic E-state index is 9.65. The highest BCUT2D eigenvalue weighted by molar-refractivity contribution is 5.50. The standard InChI is InChI=1S/C6H12NO2/c8-6-4-2-1-3-5-7-9/h7,9H,1-5H2. The van der Waals surface area contributed by atoms with Gasteiger partial charge in [0.1, 0.15) is 0 Å². The predicted molar refractivity (Wildman–Crippen MR) is 34.0 cm³/mol. The highest BCUT2D eigenvalue weighted by Gasteiger charge is 1.86. The summed E-state index contributed by atoms with van der Waals surface area (Å²) in [6.07, 6.45) is 5.10. The summed E-state index contributed by atoms with van der Waals surface area (Å²) in [5, 5.41) is 8.10. The minimum Gasteiger partial charge on any atom is -0.317 e. The number of hydrogen-bond acceptors (Lipinski definition) is 3. The number of rotatable bonds is 6. The molecule has 0 amide bonds. The molecule has 9 heavy (non-hydrogen) atoms. The van der Waals surface area contributed by atoms with E-state index in [1.165, 1.54) is 0 Å². The number of hydroxylamine groups is 1. The zero-order valence-corrected chi connectivity index (χ0v) is 5.39. The van der Waals surface area contributed by atoms with Crippen molar-refractivity contribution in [2.75, 3.05) is 6.54 Å². The molecule has 0 aromatic rings.